The largest absolute Gasteiger partial charge is 0.478 e. The van der Waals surface area contributed by atoms with E-state index in [-0.39, 0.29) is 22.6 Å². The van der Waals surface area contributed by atoms with Crippen molar-refractivity contribution in [2.45, 2.75) is 13.8 Å². The highest BCUT2D eigenvalue weighted by atomic mass is 127. The van der Waals surface area contributed by atoms with Gasteiger partial charge in [0.25, 0.3) is 5.91 Å². The Hall–Kier alpha value is -0.510. The minimum Gasteiger partial charge on any atom is -0.478 e. The maximum Gasteiger partial charge on any atom is 0.337 e. The van der Waals surface area contributed by atoms with Gasteiger partial charge < -0.3 is 15.2 Å². The number of anilines is 1. The number of ether oxygens (including phenoxy) is 1. The molecule has 0 aliphatic rings. The number of amides is 1. The predicted octanol–water partition coefficient (Wildman–Crippen LogP) is 2.90. The highest BCUT2D eigenvalue weighted by molar-refractivity contribution is 14.1. The van der Waals surface area contributed by atoms with Crippen LogP contribution >= 0.6 is 67.8 Å². The van der Waals surface area contributed by atoms with Gasteiger partial charge in [0.05, 0.1) is 14.8 Å². The molecule has 0 aliphatic heterocycles. The van der Waals surface area contributed by atoms with Gasteiger partial charge in [0.2, 0.25) is 0 Å². The summed E-state index contributed by atoms with van der Waals surface area (Å²) in [5, 5.41) is 11.9. The number of halogens is 3. The SMILES string of the molecule is CC(=O)OCC(=O)Nc1c(I)c(C(C)=O)c(I)c(C(=O)O)c1I. The number of carboxylic acids is 1. The Bertz CT molecular complexity index is 675. The van der Waals surface area contributed by atoms with E-state index in [0.717, 1.165) is 0 Å². The van der Waals surface area contributed by atoms with Crippen molar-refractivity contribution in [1.29, 1.82) is 0 Å². The Balaban J connectivity index is 3.42. The molecule has 23 heavy (non-hydrogen) atoms. The second-order valence-electron chi connectivity index (χ2n) is 4.26. The number of benzene rings is 1. The van der Waals surface area contributed by atoms with Crippen LogP contribution < -0.4 is 5.32 Å². The summed E-state index contributed by atoms with van der Waals surface area (Å²) < 4.78 is 5.64. The fraction of sp³-hybridized carbons (Fsp3) is 0.231. The van der Waals surface area contributed by atoms with Crippen LogP contribution in [0.4, 0.5) is 5.69 Å². The summed E-state index contributed by atoms with van der Waals surface area (Å²) in [5.74, 6) is -2.74. The molecule has 124 valence electrons. The van der Waals surface area contributed by atoms with Gasteiger partial charge in [0, 0.05) is 19.6 Å². The van der Waals surface area contributed by atoms with Gasteiger partial charge in [-0.15, -0.1) is 0 Å². The van der Waals surface area contributed by atoms with Crippen molar-refractivity contribution in [2.75, 3.05) is 11.9 Å². The Morgan fingerprint density at radius 1 is 1.00 bits per heavy atom. The zero-order valence-electron chi connectivity index (χ0n) is 11.8. The van der Waals surface area contributed by atoms with E-state index < -0.39 is 24.5 Å². The molecule has 0 bridgehead atoms. The van der Waals surface area contributed by atoms with Gasteiger partial charge in [0.15, 0.2) is 12.4 Å². The van der Waals surface area contributed by atoms with Crippen LogP contribution in [0.1, 0.15) is 34.6 Å². The van der Waals surface area contributed by atoms with Crippen molar-refractivity contribution in [2.24, 2.45) is 0 Å². The smallest absolute Gasteiger partial charge is 0.337 e. The van der Waals surface area contributed by atoms with Crippen LogP contribution in [0.3, 0.4) is 0 Å². The zero-order chi connectivity index (χ0) is 17.9. The molecule has 0 heterocycles. The summed E-state index contributed by atoms with van der Waals surface area (Å²) in [6.45, 7) is 2.00. The minimum atomic E-state index is -1.20. The Morgan fingerprint density at radius 3 is 1.96 bits per heavy atom. The molecule has 7 nitrogen and oxygen atoms in total. The van der Waals surface area contributed by atoms with E-state index in [9.17, 15) is 24.3 Å². The lowest BCUT2D eigenvalue weighted by atomic mass is 10.1. The summed E-state index contributed by atoms with van der Waals surface area (Å²) >= 11 is 5.48. The number of rotatable bonds is 5. The molecule has 0 saturated heterocycles. The van der Waals surface area contributed by atoms with Crippen LogP contribution in [0.2, 0.25) is 0 Å². The minimum absolute atomic E-state index is 0.0559. The van der Waals surface area contributed by atoms with Crippen LogP contribution in [-0.4, -0.2) is 35.3 Å². The second kappa shape index (κ2) is 8.55. The topological polar surface area (TPSA) is 110 Å². The van der Waals surface area contributed by atoms with E-state index in [1.54, 1.807) is 45.2 Å². The van der Waals surface area contributed by atoms with Crippen LogP contribution in [0.5, 0.6) is 0 Å². The number of Topliss-reactive ketones (excluding diaryl/α,β-unsaturated/α-hetero) is 1. The molecule has 1 aromatic rings. The first-order valence-electron chi connectivity index (χ1n) is 5.95. The van der Waals surface area contributed by atoms with Crippen LogP contribution in [0, 0.1) is 10.7 Å². The van der Waals surface area contributed by atoms with Crippen molar-refractivity contribution in [1.82, 2.24) is 0 Å². The van der Waals surface area contributed by atoms with Crippen molar-refractivity contribution < 1.29 is 29.0 Å². The first kappa shape index (κ1) is 20.5. The number of hydrogen-bond donors (Lipinski definition) is 2. The monoisotopic (exact) mass is 657 g/mol. The molecule has 1 rings (SSSR count). The molecule has 10 heteroatoms. The normalized spacial score (nSPS) is 10.1. The molecule has 1 aromatic carbocycles. The van der Waals surface area contributed by atoms with Gasteiger partial charge in [-0.2, -0.15) is 0 Å². The van der Waals surface area contributed by atoms with Crippen molar-refractivity contribution >= 4 is 97.1 Å². The van der Waals surface area contributed by atoms with Crippen molar-refractivity contribution in [3.8, 4) is 0 Å². The number of carbonyl (C=O) groups is 4. The fourth-order valence-corrected chi connectivity index (χ4v) is 6.27. The molecule has 0 aliphatic carbocycles. The lowest BCUT2D eigenvalue weighted by Gasteiger charge is -2.17. The van der Waals surface area contributed by atoms with Gasteiger partial charge in [-0.05, 0) is 74.7 Å². The molecular formula is C13H10I3NO6. The standard InChI is InChI=1S/C13H10I3NO6/c1-4(18)7-9(14)8(13(21)22)11(16)12(10(7)15)17-6(20)3-23-5(2)19/h3H2,1-2H3,(H,17,20)(H,21,22). The van der Waals surface area contributed by atoms with Crippen molar-refractivity contribution in [3.05, 3.63) is 21.8 Å². The lowest BCUT2D eigenvalue weighted by molar-refractivity contribution is -0.144. The molecule has 0 unspecified atom stereocenters. The highest BCUT2D eigenvalue weighted by Crippen LogP contribution is 2.35. The predicted molar refractivity (Wildman–Crippen MR) is 107 cm³/mol. The summed E-state index contributed by atoms with van der Waals surface area (Å²) in [6.07, 6.45) is 0. The summed E-state index contributed by atoms with van der Waals surface area (Å²) in [6, 6.07) is 0. The lowest BCUT2D eigenvalue weighted by Crippen LogP contribution is -2.23. The molecule has 0 aromatic heterocycles. The Kier molecular flexibility index (Phi) is 7.63. The van der Waals surface area contributed by atoms with E-state index in [1.165, 1.54) is 13.8 Å². The number of nitrogens with one attached hydrogen (secondary N) is 1. The van der Waals surface area contributed by atoms with Gasteiger partial charge in [-0.25, -0.2) is 4.79 Å². The number of esters is 1. The summed E-state index contributed by atoms with van der Waals surface area (Å²) in [5.41, 5.74) is 0.387. The number of carboxylic acid groups (broad SMARTS) is 1. The highest BCUT2D eigenvalue weighted by Gasteiger charge is 2.27. The Morgan fingerprint density at radius 2 is 1.52 bits per heavy atom. The molecule has 2 N–H and O–H groups in total. The van der Waals surface area contributed by atoms with E-state index in [1.807, 2.05) is 22.6 Å². The second-order valence-corrected chi connectivity index (χ2v) is 7.49. The number of carbonyl (C=O) groups excluding carboxylic acids is 3. The molecule has 0 fully saturated rings. The molecule has 1 amide bonds. The number of aromatic carboxylic acids is 1. The molecule has 0 spiro atoms. The van der Waals surface area contributed by atoms with Crippen LogP contribution in [0.25, 0.3) is 0 Å². The molecule has 0 atom stereocenters. The van der Waals surface area contributed by atoms with Gasteiger partial charge >= 0.3 is 11.9 Å². The summed E-state index contributed by atoms with van der Waals surface area (Å²) in [4.78, 5) is 45.9. The van der Waals surface area contributed by atoms with E-state index >= 15 is 0 Å². The Labute approximate surface area is 172 Å². The zero-order valence-corrected chi connectivity index (χ0v) is 18.3. The molecule has 0 saturated carbocycles. The van der Waals surface area contributed by atoms with Gasteiger partial charge in [-0.1, -0.05) is 0 Å². The first-order valence-corrected chi connectivity index (χ1v) is 9.19. The molecule has 0 radical (unpaired) electrons. The third-order valence-corrected chi connectivity index (χ3v) is 5.79. The molecular weight excluding hydrogens is 647 g/mol. The third-order valence-electron chi connectivity index (χ3n) is 2.55. The van der Waals surface area contributed by atoms with Crippen LogP contribution in [0.15, 0.2) is 0 Å². The summed E-state index contributed by atoms with van der Waals surface area (Å²) in [7, 11) is 0. The van der Waals surface area contributed by atoms with Gasteiger partial charge in [0.1, 0.15) is 0 Å². The van der Waals surface area contributed by atoms with E-state index in [2.05, 4.69) is 10.1 Å². The average Bonchev–Trinajstić information content (AvgIpc) is 2.40. The maximum absolute atomic E-state index is 11.8. The van der Waals surface area contributed by atoms with Gasteiger partial charge in [-0.3, -0.25) is 14.4 Å². The van der Waals surface area contributed by atoms with Crippen molar-refractivity contribution in [3.63, 3.8) is 0 Å². The average molecular weight is 657 g/mol. The maximum atomic E-state index is 11.8. The van der Waals surface area contributed by atoms with E-state index in [4.69, 9.17) is 0 Å². The fourth-order valence-electron chi connectivity index (χ4n) is 1.61. The third kappa shape index (κ3) is 4.98. The number of ketones is 1. The quantitative estimate of drug-likeness (QED) is 0.287. The number of hydrogen-bond acceptors (Lipinski definition) is 5. The first-order chi connectivity index (χ1) is 10.6. The van der Waals surface area contributed by atoms with Crippen LogP contribution in [-0.2, 0) is 14.3 Å². The van der Waals surface area contributed by atoms with E-state index in [0.29, 0.717) is 10.7 Å².